The van der Waals surface area contributed by atoms with Crippen LogP contribution in [-0.4, -0.2) is 66.8 Å². The van der Waals surface area contributed by atoms with Crippen LogP contribution in [0.25, 0.3) is 0 Å². The summed E-state index contributed by atoms with van der Waals surface area (Å²) in [5.41, 5.74) is 3.14. The summed E-state index contributed by atoms with van der Waals surface area (Å²) >= 11 is 0. The molecule has 1 unspecified atom stereocenters. The fourth-order valence-electron chi connectivity index (χ4n) is 4.78. The minimum atomic E-state index is -0.408. The van der Waals surface area contributed by atoms with Crippen molar-refractivity contribution in [1.82, 2.24) is 9.80 Å². The second-order valence-electron chi connectivity index (χ2n) is 9.34. The van der Waals surface area contributed by atoms with Gasteiger partial charge in [0.15, 0.2) is 0 Å². The quantitative estimate of drug-likeness (QED) is 0.408. The zero-order valence-electron chi connectivity index (χ0n) is 20.1. The van der Waals surface area contributed by atoms with Crippen molar-refractivity contribution in [3.05, 3.63) is 102 Å². The van der Waals surface area contributed by atoms with Gasteiger partial charge in [0.25, 0.3) is 0 Å². The van der Waals surface area contributed by atoms with Crippen molar-refractivity contribution in [2.75, 3.05) is 51.1 Å². The van der Waals surface area contributed by atoms with Crippen LogP contribution in [-0.2, 0) is 0 Å². The number of hydrogen-bond donors (Lipinski definition) is 2. The number of nitrogens with zero attached hydrogens (tertiary/aromatic N) is 2. The van der Waals surface area contributed by atoms with Gasteiger partial charge in [0, 0.05) is 50.9 Å². The molecule has 1 saturated heterocycles. The Labute approximate surface area is 207 Å². The van der Waals surface area contributed by atoms with Crippen LogP contribution in [0, 0.1) is 11.6 Å². The maximum atomic E-state index is 13.5. The molecule has 1 fully saturated rings. The van der Waals surface area contributed by atoms with E-state index in [1.54, 1.807) is 0 Å². The number of benzene rings is 3. The summed E-state index contributed by atoms with van der Waals surface area (Å²) in [5.74, 6) is -0.374. The Morgan fingerprint density at radius 1 is 0.743 bits per heavy atom. The number of para-hydroxylation sites is 1. The molecular formula is C29H35F2N3O. The Balaban J connectivity index is 1.21. The number of halogens is 2. The molecule has 0 radical (unpaired) electrons. The average Bonchev–Trinajstić information content (AvgIpc) is 2.88. The van der Waals surface area contributed by atoms with E-state index < -0.39 is 6.10 Å². The molecule has 1 aliphatic rings. The summed E-state index contributed by atoms with van der Waals surface area (Å²) in [5, 5.41) is 13.7. The Bertz CT molecular complexity index is 961. The highest BCUT2D eigenvalue weighted by Crippen LogP contribution is 2.30. The third-order valence-electron chi connectivity index (χ3n) is 6.76. The van der Waals surface area contributed by atoms with Gasteiger partial charge in [-0.05, 0) is 66.9 Å². The number of aliphatic hydroxyl groups is 1. The van der Waals surface area contributed by atoms with Crippen molar-refractivity contribution in [3.63, 3.8) is 0 Å². The molecular weight excluding hydrogens is 444 g/mol. The topological polar surface area (TPSA) is 38.7 Å². The molecule has 186 valence electrons. The van der Waals surface area contributed by atoms with E-state index in [9.17, 15) is 13.9 Å². The highest BCUT2D eigenvalue weighted by atomic mass is 19.1. The van der Waals surface area contributed by atoms with Crippen LogP contribution >= 0.6 is 0 Å². The van der Waals surface area contributed by atoms with Gasteiger partial charge >= 0.3 is 0 Å². The molecule has 0 bridgehead atoms. The van der Waals surface area contributed by atoms with E-state index in [1.807, 2.05) is 54.6 Å². The molecule has 35 heavy (non-hydrogen) atoms. The zero-order valence-corrected chi connectivity index (χ0v) is 20.1. The van der Waals surface area contributed by atoms with E-state index in [0.717, 1.165) is 62.4 Å². The Morgan fingerprint density at radius 2 is 1.29 bits per heavy atom. The Kier molecular flexibility index (Phi) is 9.23. The number of piperazine rings is 1. The normalized spacial score (nSPS) is 15.9. The number of anilines is 1. The first kappa shape index (κ1) is 25.3. The predicted molar refractivity (Wildman–Crippen MR) is 138 cm³/mol. The molecule has 0 aromatic heterocycles. The summed E-state index contributed by atoms with van der Waals surface area (Å²) in [6.07, 6.45) is 1.51. The molecule has 4 nitrogen and oxygen atoms in total. The molecule has 1 heterocycles. The lowest BCUT2D eigenvalue weighted by Crippen LogP contribution is -2.49. The first-order valence-corrected chi connectivity index (χ1v) is 12.5. The third-order valence-corrected chi connectivity index (χ3v) is 6.76. The lowest BCUT2D eigenvalue weighted by atomic mass is 9.87. The van der Waals surface area contributed by atoms with Crippen LogP contribution in [0.3, 0.4) is 0 Å². The van der Waals surface area contributed by atoms with Gasteiger partial charge in [-0.25, -0.2) is 8.78 Å². The second kappa shape index (κ2) is 12.8. The molecule has 0 amide bonds. The molecule has 0 saturated carbocycles. The van der Waals surface area contributed by atoms with Gasteiger partial charge in [0.2, 0.25) is 0 Å². The summed E-state index contributed by atoms with van der Waals surface area (Å²) in [7, 11) is 0. The maximum absolute atomic E-state index is 13.5. The van der Waals surface area contributed by atoms with E-state index in [2.05, 4.69) is 15.1 Å². The van der Waals surface area contributed by atoms with Crippen molar-refractivity contribution < 1.29 is 13.9 Å². The molecule has 2 N–H and O–H groups in total. The number of nitrogens with one attached hydrogen (secondary N) is 1. The minimum absolute atomic E-state index is 0.116. The number of rotatable bonds is 11. The highest BCUT2D eigenvalue weighted by molar-refractivity contribution is 5.42. The van der Waals surface area contributed by atoms with Crippen molar-refractivity contribution in [3.8, 4) is 0 Å². The van der Waals surface area contributed by atoms with Gasteiger partial charge in [-0.15, -0.1) is 0 Å². The van der Waals surface area contributed by atoms with Crippen LogP contribution in [0.2, 0.25) is 0 Å². The molecule has 3 aromatic rings. The summed E-state index contributed by atoms with van der Waals surface area (Å²) in [6, 6.07) is 23.3. The van der Waals surface area contributed by atoms with E-state index in [1.165, 1.54) is 24.3 Å². The molecule has 4 rings (SSSR count). The molecule has 0 aliphatic carbocycles. The van der Waals surface area contributed by atoms with Crippen LogP contribution in [0.4, 0.5) is 14.5 Å². The van der Waals surface area contributed by atoms with E-state index in [0.29, 0.717) is 13.1 Å². The lowest BCUT2D eigenvalue weighted by Gasteiger charge is -2.36. The van der Waals surface area contributed by atoms with Crippen molar-refractivity contribution in [1.29, 1.82) is 0 Å². The van der Waals surface area contributed by atoms with Crippen LogP contribution in [0.5, 0.6) is 0 Å². The minimum Gasteiger partial charge on any atom is -0.390 e. The summed E-state index contributed by atoms with van der Waals surface area (Å²) < 4.78 is 26.9. The number of hydrogen-bond acceptors (Lipinski definition) is 4. The lowest BCUT2D eigenvalue weighted by molar-refractivity contribution is 0.0776. The zero-order chi connectivity index (χ0) is 24.5. The predicted octanol–water partition coefficient (Wildman–Crippen LogP) is 4.97. The molecule has 3 aromatic carbocycles. The van der Waals surface area contributed by atoms with E-state index in [4.69, 9.17) is 0 Å². The standard InChI is InChI=1S/C29H35F2N3O/c30-25-12-8-23(9-13-25)29(24-10-14-26(31)15-11-24)7-4-16-33-17-19-34(20-18-33)22-28(35)21-32-27-5-2-1-3-6-27/h1-3,5-6,8-15,28-29,32,35H,4,7,16-22H2. The molecule has 1 atom stereocenters. The van der Waals surface area contributed by atoms with Gasteiger partial charge in [-0.1, -0.05) is 42.5 Å². The average molecular weight is 480 g/mol. The van der Waals surface area contributed by atoms with Crippen LogP contribution in [0.1, 0.15) is 29.9 Å². The number of aliphatic hydroxyl groups excluding tert-OH is 1. The smallest absolute Gasteiger partial charge is 0.123 e. The molecule has 6 heteroatoms. The van der Waals surface area contributed by atoms with E-state index >= 15 is 0 Å². The largest absolute Gasteiger partial charge is 0.390 e. The monoisotopic (exact) mass is 479 g/mol. The van der Waals surface area contributed by atoms with Gasteiger partial charge < -0.3 is 15.3 Å². The summed E-state index contributed by atoms with van der Waals surface area (Å²) in [4.78, 5) is 4.80. The first-order chi connectivity index (χ1) is 17.1. The van der Waals surface area contributed by atoms with Crippen molar-refractivity contribution in [2.24, 2.45) is 0 Å². The highest BCUT2D eigenvalue weighted by Gasteiger charge is 2.20. The fourth-order valence-corrected chi connectivity index (χ4v) is 4.78. The Morgan fingerprint density at radius 3 is 1.86 bits per heavy atom. The molecule has 0 spiro atoms. The Hall–Kier alpha value is -2.80. The van der Waals surface area contributed by atoms with Gasteiger partial charge in [0.05, 0.1) is 6.10 Å². The SMILES string of the molecule is OC(CNc1ccccc1)CN1CCN(CCCC(c2ccc(F)cc2)c2ccc(F)cc2)CC1. The van der Waals surface area contributed by atoms with Crippen LogP contribution < -0.4 is 5.32 Å². The molecule has 1 aliphatic heterocycles. The van der Waals surface area contributed by atoms with Gasteiger partial charge in [0.1, 0.15) is 11.6 Å². The second-order valence-corrected chi connectivity index (χ2v) is 9.34. The maximum Gasteiger partial charge on any atom is 0.123 e. The first-order valence-electron chi connectivity index (χ1n) is 12.5. The van der Waals surface area contributed by atoms with Crippen molar-refractivity contribution >= 4 is 5.69 Å². The fraction of sp³-hybridized carbons (Fsp3) is 0.379. The third kappa shape index (κ3) is 7.85. The van der Waals surface area contributed by atoms with Crippen molar-refractivity contribution in [2.45, 2.75) is 24.9 Å². The van der Waals surface area contributed by atoms with Gasteiger partial charge in [-0.2, -0.15) is 0 Å². The van der Waals surface area contributed by atoms with Crippen LogP contribution in [0.15, 0.2) is 78.9 Å². The number of β-amino-alcohol motifs (C(OH)–C–C–N with tert-alkyl or cyclic N) is 1. The van der Waals surface area contributed by atoms with Gasteiger partial charge in [-0.3, -0.25) is 4.90 Å². The summed E-state index contributed by atoms with van der Waals surface area (Å²) in [6.45, 7) is 6.06. The van der Waals surface area contributed by atoms with E-state index in [-0.39, 0.29) is 17.6 Å².